The summed E-state index contributed by atoms with van der Waals surface area (Å²) in [4.78, 5) is 4.31. The third-order valence-corrected chi connectivity index (χ3v) is 2.85. The summed E-state index contributed by atoms with van der Waals surface area (Å²) in [5, 5.41) is 3.29. The van der Waals surface area contributed by atoms with Gasteiger partial charge in [0, 0.05) is 24.0 Å². The van der Waals surface area contributed by atoms with Crippen molar-refractivity contribution in [2.45, 2.75) is 20.4 Å². The predicted octanol–water partition coefficient (Wildman–Crippen LogP) is 2.99. The number of nitrogens with two attached hydrogens (primary N) is 1. The van der Waals surface area contributed by atoms with Gasteiger partial charge in [0.2, 0.25) is 0 Å². The molecule has 1 heterocycles. The number of pyridine rings is 1. The number of benzene rings is 1. The van der Waals surface area contributed by atoms with Crippen molar-refractivity contribution >= 4 is 11.5 Å². The smallest absolute Gasteiger partial charge is 0.133 e. The molecular formula is C15H19N3O. The van der Waals surface area contributed by atoms with Crippen LogP contribution in [0.5, 0.6) is 5.75 Å². The Kier molecular flexibility index (Phi) is 4.36. The third-order valence-electron chi connectivity index (χ3n) is 2.85. The first kappa shape index (κ1) is 13.4. The Bertz CT molecular complexity index is 555. The van der Waals surface area contributed by atoms with E-state index in [-0.39, 0.29) is 0 Å². The zero-order valence-electron chi connectivity index (χ0n) is 11.3. The van der Waals surface area contributed by atoms with E-state index in [0.717, 1.165) is 28.4 Å². The Labute approximate surface area is 113 Å². The topological polar surface area (TPSA) is 60.2 Å². The molecule has 0 aliphatic carbocycles. The molecular weight excluding hydrogens is 238 g/mol. The minimum Gasteiger partial charge on any atom is -0.494 e. The maximum Gasteiger partial charge on any atom is 0.133 e. The summed E-state index contributed by atoms with van der Waals surface area (Å²) in [6, 6.07) is 9.85. The van der Waals surface area contributed by atoms with Crippen molar-refractivity contribution in [2.75, 3.05) is 11.9 Å². The van der Waals surface area contributed by atoms with E-state index in [0.29, 0.717) is 13.2 Å². The second-order valence-electron chi connectivity index (χ2n) is 4.25. The fourth-order valence-electron chi connectivity index (χ4n) is 1.87. The van der Waals surface area contributed by atoms with Gasteiger partial charge in [-0.2, -0.15) is 0 Å². The molecule has 2 rings (SSSR count). The monoisotopic (exact) mass is 257 g/mol. The standard InChI is InChI=1S/C15H19N3O/c1-3-19-14-7-6-13(9-12(14)10-16)18-15-11(2)5-4-8-17-15/h4-9H,3,10,16H2,1-2H3,(H,17,18). The molecule has 0 saturated heterocycles. The lowest BCUT2D eigenvalue weighted by Gasteiger charge is -2.12. The molecule has 0 radical (unpaired) electrons. The summed E-state index contributed by atoms with van der Waals surface area (Å²) >= 11 is 0. The van der Waals surface area contributed by atoms with E-state index in [1.165, 1.54) is 0 Å². The zero-order chi connectivity index (χ0) is 13.7. The number of hydrogen-bond donors (Lipinski definition) is 2. The SMILES string of the molecule is CCOc1ccc(Nc2ncccc2C)cc1CN. The van der Waals surface area contributed by atoms with Gasteiger partial charge < -0.3 is 15.8 Å². The summed E-state index contributed by atoms with van der Waals surface area (Å²) in [5.41, 5.74) is 8.80. The van der Waals surface area contributed by atoms with E-state index in [1.54, 1.807) is 6.20 Å². The molecule has 1 aromatic carbocycles. The lowest BCUT2D eigenvalue weighted by Crippen LogP contribution is -2.03. The van der Waals surface area contributed by atoms with Gasteiger partial charge in [-0.1, -0.05) is 6.07 Å². The highest BCUT2D eigenvalue weighted by Gasteiger charge is 2.05. The maximum absolute atomic E-state index is 5.75. The molecule has 0 saturated carbocycles. The maximum atomic E-state index is 5.75. The molecule has 3 N–H and O–H groups in total. The van der Waals surface area contributed by atoms with Crippen LogP contribution in [-0.2, 0) is 6.54 Å². The summed E-state index contributed by atoms with van der Waals surface area (Å²) in [6.45, 7) is 5.07. The minimum absolute atomic E-state index is 0.450. The van der Waals surface area contributed by atoms with Crippen molar-refractivity contribution in [1.82, 2.24) is 4.98 Å². The molecule has 4 nitrogen and oxygen atoms in total. The van der Waals surface area contributed by atoms with Gasteiger partial charge in [-0.3, -0.25) is 0 Å². The Balaban J connectivity index is 2.24. The lowest BCUT2D eigenvalue weighted by molar-refractivity contribution is 0.336. The summed E-state index contributed by atoms with van der Waals surface area (Å²) in [6.07, 6.45) is 1.77. The third kappa shape index (κ3) is 3.23. The predicted molar refractivity (Wildman–Crippen MR) is 77.8 cm³/mol. The van der Waals surface area contributed by atoms with Crippen LogP contribution in [0.2, 0.25) is 0 Å². The quantitative estimate of drug-likeness (QED) is 0.864. The van der Waals surface area contributed by atoms with Crippen LogP contribution in [0.4, 0.5) is 11.5 Å². The molecule has 0 fully saturated rings. The Morgan fingerprint density at radius 3 is 2.84 bits per heavy atom. The van der Waals surface area contributed by atoms with Gasteiger partial charge in [-0.15, -0.1) is 0 Å². The van der Waals surface area contributed by atoms with Crippen molar-refractivity contribution in [3.05, 3.63) is 47.7 Å². The van der Waals surface area contributed by atoms with Gasteiger partial charge in [0.15, 0.2) is 0 Å². The van der Waals surface area contributed by atoms with Crippen molar-refractivity contribution in [3.63, 3.8) is 0 Å². The number of hydrogen-bond acceptors (Lipinski definition) is 4. The van der Waals surface area contributed by atoms with E-state index in [2.05, 4.69) is 10.3 Å². The van der Waals surface area contributed by atoms with E-state index in [1.807, 2.05) is 44.2 Å². The fraction of sp³-hybridized carbons (Fsp3) is 0.267. The van der Waals surface area contributed by atoms with Crippen LogP contribution in [0, 0.1) is 6.92 Å². The normalized spacial score (nSPS) is 10.3. The van der Waals surface area contributed by atoms with Crippen LogP contribution in [0.3, 0.4) is 0 Å². The minimum atomic E-state index is 0.450. The molecule has 0 aliphatic heterocycles. The van der Waals surface area contributed by atoms with E-state index < -0.39 is 0 Å². The number of nitrogens with zero attached hydrogens (tertiary/aromatic N) is 1. The van der Waals surface area contributed by atoms with Crippen molar-refractivity contribution in [1.29, 1.82) is 0 Å². The Hall–Kier alpha value is -2.07. The van der Waals surface area contributed by atoms with Gasteiger partial charge in [0.05, 0.1) is 6.61 Å². The molecule has 0 amide bonds. The van der Waals surface area contributed by atoms with E-state index in [9.17, 15) is 0 Å². The number of aryl methyl sites for hydroxylation is 1. The van der Waals surface area contributed by atoms with Crippen LogP contribution in [0.15, 0.2) is 36.5 Å². The van der Waals surface area contributed by atoms with Crippen LogP contribution >= 0.6 is 0 Å². The van der Waals surface area contributed by atoms with Gasteiger partial charge in [0.1, 0.15) is 11.6 Å². The second-order valence-corrected chi connectivity index (χ2v) is 4.25. The van der Waals surface area contributed by atoms with Crippen LogP contribution in [0.25, 0.3) is 0 Å². The Morgan fingerprint density at radius 2 is 2.16 bits per heavy atom. The Morgan fingerprint density at radius 1 is 1.32 bits per heavy atom. The van der Waals surface area contributed by atoms with Gasteiger partial charge in [-0.25, -0.2) is 4.98 Å². The average Bonchev–Trinajstić information content (AvgIpc) is 2.43. The van der Waals surface area contributed by atoms with Crippen molar-refractivity contribution < 1.29 is 4.74 Å². The second kappa shape index (κ2) is 6.20. The highest BCUT2D eigenvalue weighted by Crippen LogP contribution is 2.25. The zero-order valence-corrected chi connectivity index (χ0v) is 11.3. The summed E-state index contributed by atoms with van der Waals surface area (Å²) in [5.74, 6) is 1.70. The molecule has 19 heavy (non-hydrogen) atoms. The highest BCUT2D eigenvalue weighted by molar-refractivity contribution is 5.61. The van der Waals surface area contributed by atoms with Crippen LogP contribution < -0.4 is 15.8 Å². The first-order valence-corrected chi connectivity index (χ1v) is 6.39. The number of anilines is 2. The van der Waals surface area contributed by atoms with Crippen LogP contribution in [-0.4, -0.2) is 11.6 Å². The van der Waals surface area contributed by atoms with Gasteiger partial charge in [0.25, 0.3) is 0 Å². The molecule has 0 aliphatic rings. The molecule has 0 bridgehead atoms. The molecule has 0 unspecified atom stereocenters. The van der Waals surface area contributed by atoms with Crippen molar-refractivity contribution in [2.24, 2.45) is 5.73 Å². The molecule has 100 valence electrons. The number of ether oxygens (including phenoxy) is 1. The number of aromatic nitrogens is 1. The van der Waals surface area contributed by atoms with Crippen molar-refractivity contribution in [3.8, 4) is 5.75 Å². The lowest BCUT2D eigenvalue weighted by atomic mass is 10.1. The van der Waals surface area contributed by atoms with E-state index in [4.69, 9.17) is 10.5 Å². The van der Waals surface area contributed by atoms with E-state index >= 15 is 0 Å². The average molecular weight is 257 g/mol. The molecule has 1 aromatic heterocycles. The number of nitrogens with one attached hydrogen (secondary N) is 1. The largest absolute Gasteiger partial charge is 0.494 e. The molecule has 4 heteroatoms. The molecule has 0 atom stereocenters. The molecule has 0 spiro atoms. The summed E-state index contributed by atoms with van der Waals surface area (Å²) < 4.78 is 5.53. The fourth-order valence-corrected chi connectivity index (χ4v) is 1.87. The van der Waals surface area contributed by atoms with Gasteiger partial charge >= 0.3 is 0 Å². The number of rotatable bonds is 5. The molecule has 2 aromatic rings. The summed E-state index contributed by atoms with van der Waals surface area (Å²) in [7, 11) is 0. The van der Waals surface area contributed by atoms with Crippen LogP contribution in [0.1, 0.15) is 18.1 Å². The highest BCUT2D eigenvalue weighted by atomic mass is 16.5. The first-order valence-electron chi connectivity index (χ1n) is 6.39. The first-order chi connectivity index (χ1) is 9.24. The van der Waals surface area contributed by atoms with Gasteiger partial charge in [-0.05, 0) is 43.7 Å².